The Balaban J connectivity index is 1.79. The lowest BCUT2D eigenvalue weighted by molar-refractivity contribution is -0.116. The van der Waals surface area contributed by atoms with Crippen LogP contribution >= 0.6 is 11.6 Å². The van der Waals surface area contributed by atoms with E-state index in [1.807, 2.05) is 37.3 Å². The van der Waals surface area contributed by atoms with Gasteiger partial charge in [0.05, 0.1) is 28.7 Å². The SMILES string of the molecule is Cc1ccc(F)c(NC(=O)CC(NC(=O)c2ccccc2Cl)c2ccccc2)c1. The fourth-order valence-corrected chi connectivity index (χ4v) is 3.16. The lowest BCUT2D eigenvalue weighted by atomic mass is 10.0. The molecule has 1 unspecified atom stereocenters. The van der Waals surface area contributed by atoms with Crippen LogP contribution in [0.1, 0.15) is 33.9 Å². The summed E-state index contributed by atoms with van der Waals surface area (Å²) in [7, 11) is 0. The van der Waals surface area contributed by atoms with Gasteiger partial charge in [-0.2, -0.15) is 0 Å². The molecule has 4 nitrogen and oxygen atoms in total. The van der Waals surface area contributed by atoms with Gasteiger partial charge in [0.2, 0.25) is 5.91 Å². The predicted molar refractivity (Wildman–Crippen MR) is 112 cm³/mol. The number of hydrogen-bond acceptors (Lipinski definition) is 2. The molecule has 0 fully saturated rings. The molecule has 3 aromatic rings. The monoisotopic (exact) mass is 410 g/mol. The van der Waals surface area contributed by atoms with E-state index < -0.39 is 17.8 Å². The number of nitrogens with one attached hydrogen (secondary N) is 2. The second-order valence-corrected chi connectivity index (χ2v) is 7.06. The number of aryl methyl sites for hydroxylation is 1. The zero-order valence-corrected chi connectivity index (χ0v) is 16.5. The van der Waals surface area contributed by atoms with Gasteiger partial charge in [-0.1, -0.05) is 60.1 Å². The molecule has 3 rings (SSSR count). The molecule has 0 bridgehead atoms. The van der Waals surface area contributed by atoms with Crippen LogP contribution in [0.4, 0.5) is 10.1 Å². The van der Waals surface area contributed by atoms with Crippen LogP contribution < -0.4 is 10.6 Å². The Morgan fingerprint density at radius 2 is 1.69 bits per heavy atom. The third kappa shape index (κ3) is 5.42. The molecule has 1 atom stereocenters. The molecule has 0 saturated carbocycles. The van der Waals surface area contributed by atoms with Gasteiger partial charge in [0.1, 0.15) is 5.82 Å². The Morgan fingerprint density at radius 1 is 1.00 bits per heavy atom. The van der Waals surface area contributed by atoms with Crippen molar-refractivity contribution in [2.45, 2.75) is 19.4 Å². The smallest absolute Gasteiger partial charge is 0.253 e. The molecule has 6 heteroatoms. The van der Waals surface area contributed by atoms with E-state index in [-0.39, 0.29) is 18.0 Å². The topological polar surface area (TPSA) is 58.2 Å². The van der Waals surface area contributed by atoms with E-state index in [9.17, 15) is 14.0 Å². The van der Waals surface area contributed by atoms with Crippen molar-refractivity contribution < 1.29 is 14.0 Å². The first-order valence-electron chi connectivity index (χ1n) is 9.10. The zero-order chi connectivity index (χ0) is 20.8. The van der Waals surface area contributed by atoms with Crippen molar-refractivity contribution in [3.05, 3.63) is 100 Å². The maximum Gasteiger partial charge on any atom is 0.253 e. The van der Waals surface area contributed by atoms with Crippen molar-refractivity contribution in [2.24, 2.45) is 0 Å². The van der Waals surface area contributed by atoms with Crippen molar-refractivity contribution >= 4 is 29.1 Å². The summed E-state index contributed by atoms with van der Waals surface area (Å²) in [6.07, 6.45) is -0.0619. The van der Waals surface area contributed by atoms with Crippen LogP contribution in [0.2, 0.25) is 5.02 Å². The maximum atomic E-state index is 14.0. The minimum Gasteiger partial charge on any atom is -0.345 e. The second kappa shape index (κ2) is 9.34. The molecule has 2 N–H and O–H groups in total. The zero-order valence-electron chi connectivity index (χ0n) is 15.8. The highest BCUT2D eigenvalue weighted by Gasteiger charge is 2.21. The van der Waals surface area contributed by atoms with Crippen molar-refractivity contribution in [1.82, 2.24) is 5.32 Å². The number of rotatable bonds is 6. The van der Waals surface area contributed by atoms with Crippen LogP contribution in [0.5, 0.6) is 0 Å². The van der Waals surface area contributed by atoms with Gasteiger partial charge in [0.25, 0.3) is 5.91 Å². The van der Waals surface area contributed by atoms with Crippen LogP contribution in [0.15, 0.2) is 72.8 Å². The summed E-state index contributed by atoms with van der Waals surface area (Å²) in [5.74, 6) is -1.32. The van der Waals surface area contributed by atoms with Gasteiger partial charge >= 0.3 is 0 Å². The third-order valence-corrected chi connectivity index (χ3v) is 4.74. The number of carbonyl (C=O) groups excluding carboxylic acids is 2. The van der Waals surface area contributed by atoms with Crippen molar-refractivity contribution in [1.29, 1.82) is 0 Å². The van der Waals surface area contributed by atoms with Gasteiger partial charge < -0.3 is 10.6 Å². The molecule has 29 heavy (non-hydrogen) atoms. The molecule has 0 spiro atoms. The highest BCUT2D eigenvalue weighted by molar-refractivity contribution is 6.33. The first kappa shape index (κ1) is 20.6. The van der Waals surface area contributed by atoms with E-state index in [1.165, 1.54) is 6.07 Å². The largest absolute Gasteiger partial charge is 0.345 e. The Hall–Kier alpha value is -3.18. The minimum atomic E-state index is -0.604. The number of anilines is 1. The molecular formula is C23H20ClFN2O2. The molecule has 0 aliphatic rings. The Morgan fingerprint density at radius 3 is 2.41 bits per heavy atom. The Bertz CT molecular complexity index is 1020. The normalized spacial score (nSPS) is 11.6. The van der Waals surface area contributed by atoms with Gasteiger partial charge in [-0.15, -0.1) is 0 Å². The summed E-state index contributed by atoms with van der Waals surface area (Å²) in [5, 5.41) is 5.76. The molecular weight excluding hydrogens is 391 g/mol. The summed E-state index contributed by atoms with van der Waals surface area (Å²) in [6.45, 7) is 1.81. The standard InChI is InChI=1S/C23H20ClFN2O2/c1-15-11-12-19(25)21(13-15)26-22(28)14-20(16-7-3-2-4-8-16)27-23(29)17-9-5-6-10-18(17)24/h2-13,20H,14H2,1H3,(H,26,28)(H,27,29). The van der Waals surface area contributed by atoms with Crippen molar-refractivity contribution in [2.75, 3.05) is 5.32 Å². The summed E-state index contributed by atoms with van der Waals surface area (Å²) in [4.78, 5) is 25.3. The van der Waals surface area contributed by atoms with E-state index in [0.29, 0.717) is 10.6 Å². The average molecular weight is 411 g/mol. The fraction of sp³-hybridized carbons (Fsp3) is 0.130. The lowest BCUT2D eigenvalue weighted by Gasteiger charge is -2.19. The summed E-state index contributed by atoms with van der Waals surface area (Å²) < 4.78 is 14.0. The average Bonchev–Trinajstić information content (AvgIpc) is 2.71. The number of hydrogen-bond donors (Lipinski definition) is 2. The lowest BCUT2D eigenvalue weighted by Crippen LogP contribution is -2.31. The first-order chi connectivity index (χ1) is 13.9. The van der Waals surface area contributed by atoms with E-state index in [4.69, 9.17) is 11.6 Å². The molecule has 0 aliphatic heterocycles. The molecule has 3 aromatic carbocycles. The van der Waals surface area contributed by atoms with Crippen LogP contribution in [0.3, 0.4) is 0 Å². The second-order valence-electron chi connectivity index (χ2n) is 6.65. The van der Waals surface area contributed by atoms with Crippen LogP contribution in [-0.4, -0.2) is 11.8 Å². The van der Waals surface area contributed by atoms with Gasteiger partial charge in [-0.05, 0) is 42.3 Å². The van der Waals surface area contributed by atoms with Gasteiger partial charge in [-0.25, -0.2) is 4.39 Å². The minimum absolute atomic E-state index is 0.0619. The van der Waals surface area contributed by atoms with E-state index in [2.05, 4.69) is 10.6 Å². The van der Waals surface area contributed by atoms with E-state index >= 15 is 0 Å². The number of carbonyl (C=O) groups is 2. The third-order valence-electron chi connectivity index (χ3n) is 4.41. The Kier molecular flexibility index (Phi) is 6.62. The maximum absolute atomic E-state index is 14.0. The molecule has 148 valence electrons. The Labute approximate surface area is 173 Å². The summed E-state index contributed by atoms with van der Waals surface area (Å²) >= 11 is 6.11. The van der Waals surface area contributed by atoms with E-state index in [0.717, 1.165) is 11.1 Å². The van der Waals surface area contributed by atoms with Crippen LogP contribution in [-0.2, 0) is 4.79 Å². The van der Waals surface area contributed by atoms with Crippen molar-refractivity contribution in [3.8, 4) is 0 Å². The number of benzene rings is 3. The van der Waals surface area contributed by atoms with Gasteiger partial charge in [0, 0.05) is 0 Å². The summed E-state index contributed by atoms with van der Waals surface area (Å²) in [5.41, 5.74) is 2.01. The van der Waals surface area contributed by atoms with E-state index in [1.54, 1.807) is 36.4 Å². The molecule has 0 saturated heterocycles. The highest BCUT2D eigenvalue weighted by atomic mass is 35.5. The van der Waals surface area contributed by atoms with Gasteiger partial charge in [0.15, 0.2) is 0 Å². The molecule has 0 aliphatic carbocycles. The first-order valence-corrected chi connectivity index (χ1v) is 9.48. The quantitative estimate of drug-likeness (QED) is 0.580. The molecule has 2 amide bonds. The highest BCUT2D eigenvalue weighted by Crippen LogP contribution is 2.22. The number of amides is 2. The molecule has 0 aromatic heterocycles. The van der Waals surface area contributed by atoms with Crippen LogP contribution in [0.25, 0.3) is 0 Å². The molecule has 0 heterocycles. The van der Waals surface area contributed by atoms with Crippen molar-refractivity contribution in [3.63, 3.8) is 0 Å². The summed E-state index contributed by atoms with van der Waals surface area (Å²) in [6, 6.07) is 19.7. The fourth-order valence-electron chi connectivity index (χ4n) is 2.94. The van der Waals surface area contributed by atoms with Crippen LogP contribution in [0, 0.1) is 12.7 Å². The number of halogens is 2. The molecule has 0 radical (unpaired) electrons. The predicted octanol–water partition coefficient (Wildman–Crippen LogP) is 5.29. The van der Waals surface area contributed by atoms with Gasteiger partial charge in [-0.3, -0.25) is 9.59 Å².